The molecular formula is C15H21N3. The molecule has 0 spiro atoms. The highest BCUT2D eigenvalue weighted by molar-refractivity contribution is 5.25. The first-order chi connectivity index (χ1) is 8.59. The smallest absolute Gasteiger partial charge is 0.140 e. The van der Waals surface area contributed by atoms with E-state index in [4.69, 9.17) is 5.26 Å². The van der Waals surface area contributed by atoms with Crippen molar-refractivity contribution >= 4 is 0 Å². The van der Waals surface area contributed by atoms with Gasteiger partial charge >= 0.3 is 0 Å². The monoisotopic (exact) mass is 243 g/mol. The largest absolute Gasteiger partial charge is 0.310 e. The molecule has 0 aromatic carbocycles. The van der Waals surface area contributed by atoms with Crippen molar-refractivity contribution in [2.75, 3.05) is 0 Å². The minimum Gasteiger partial charge on any atom is -0.310 e. The van der Waals surface area contributed by atoms with E-state index in [-0.39, 0.29) is 0 Å². The third kappa shape index (κ3) is 3.54. The molecule has 0 bridgehead atoms. The van der Waals surface area contributed by atoms with E-state index >= 15 is 0 Å². The van der Waals surface area contributed by atoms with Gasteiger partial charge in [0.1, 0.15) is 11.8 Å². The van der Waals surface area contributed by atoms with Gasteiger partial charge in [-0.3, -0.25) is 0 Å². The minimum atomic E-state index is 0.464. The van der Waals surface area contributed by atoms with Gasteiger partial charge in [0.25, 0.3) is 0 Å². The average Bonchev–Trinajstić information content (AvgIpc) is 2.35. The normalized spacial score (nSPS) is 22.4. The van der Waals surface area contributed by atoms with Crippen molar-refractivity contribution in [2.24, 2.45) is 5.41 Å². The Labute approximate surface area is 109 Å². The Kier molecular flexibility index (Phi) is 3.98. The van der Waals surface area contributed by atoms with Crippen LogP contribution in [0, 0.1) is 16.7 Å². The molecule has 1 saturated carbocycles. The molecule has 0 amide bonds. The zero-order valence-corrected chi connectivity index (χ0v) is 11.2. The summed E-state index contributed by atoms with van der Waals surface area (Å²) < 4.78 is 0. The average molecular weight is 243 g/mol. The summed E-state index contributed by atoms with van der Waals surface area (Å²) in [5.41, 5.74) is 2.11. The van der Waals surface area contributed by atoms with Gasteiger partial charge in [-0.15, -0.1) is 0 Å². The maximum absolute atomic E-state index is 8.81. The van der Waals surface area contributed by atoms with Gasteiger partial charge in [0.05, 0.1) is 0 Å². The molecule has 1 aliphatic carbocycles. The van der Waals surface area contributed by atoms with Crippen molar-refractivity contribution in [3.8, 4) is 6.07 Å². The molecule has 18 heavy (non-hydrogen) atoms. The molecule has 1 fully saturated rings. The minimum absolute atomic E-state index is 0.464. The maximum Gasteiger partial charge on any atom is 0.140 e. The molecule has 1 aromatic heterocycles. The van der Waals surface area contributed by atoms with E-state index in [1.165, 1.54) is 25.7 Å². The van der Waals surface area contributed by atoms with Crippen molar-refractivity contribution in [1.29, 1.82) is 5.26 Å². The topological polar surface area (TPSA) is 48.7 Å². The lowest BCUT2D eigenvalue weighted by Crippen LogP contribution is -2.36. The summed E-state index contributed by atoms with van der Waals surface area (Å²) in [6.45, 7) is 5.53. The standard InChI is InChI=1S/C15H21N3/c1-15(2)6-3-4-13(9-15)18-11-12-5-7-17-14(8-12)10-16/h5,7-8,13,18H,3-4,6,9,11H2,1-2H3. The van der Waals surface area contributed by atoms with Crippen LogP contribution >= 0.6 is 0 Å². The highest BCUT2D eigenvalue weighted by Crippen LogP contribution is 2.35. The van der Waals surface area contributed by atoms with E-state index in [1.807, 2.05) is 12.1 Å². The first-order valence-corrected chi connectivity index (χ1v) is 6.67. The maximum atomic E-state index is 8.81. The number of nitrogens with one attached hydrogen (secondary N) is 1. The molecule has 1 unspecified atom stereocenters. The molecular weight excluding hydrogens is 222 g/mol. The highest BCUT2D eigenvalue weighted by Gasteiger charge is 2.27. The van der Waals surface area contributed by atoms with Crippen molar-refractivity contribution < 1.29 is 0 Å². The fourth-order valence-corrected chi connectivity index (χ4v) is 2.78. The van der Waals surface area contributed by atoms with Gasteiger partial charge in [-0.2, -0.15) is 5.26 Å². The molecule has 2 rings (SSSR count). The SMILES string of the molecule is CC1(C)CCCC(NCc2ccnc(C#N)c2)C1. The summed E-state index contributed by atoms with van der Waals surface area (Å²) in [5.74, 6) is 0. The molecule has 3 nitrogen and oxygen atoms in total. The van der Waals surface area contributed by atoms with Crippen LogP contribution in [0.5, 0.6) is 0 Å². The first-order valence-electron chi connectivity index (χ1n) is 6.67. The van der Waals surface area contributed by atoms with E-state index in [9.17, 15) is 0 Å². The van der Waals surface area contributed by atoms with Crippen LogP contribution in [0.1, 0.15) is 50.8 Å². The van der Waals surface area contributed by atoms with Crippen LogP contribution in [0.3, 0.4) is 0 Å². The molecule has 1 aromatic rings. The van der Waals surface area contributed by atoms with E-state index < -0.39 is 0 Å². The molecule has 1 heterocycles. The number of nitrogens with zero attached hydrogens (tertiary/aromatic N) is 2. The number of aromatic nitrogens is 1. The number of pyridine rings is 1. The lowest BCUT2D eigenvalue weighted by molar-refractivity contribution is 0.198. The summed E-state index contributed by atoms with van der Waals surface area (Å²) in [4.78, 5) is 3.99. The van der Waals surface area contributed by atoms with Gasteiger partial charge in [0, 0.05) is 18.8 Å². The number of hydrogen-bond acceptors (Lipinski definition) is 3. The predicted octanol–water partition coefficient (Wildman–Crippen LogP) is 3.01. The molecule has 0 saturated heterocycles. The Morgan fingerprint density at radius 2 is 2.39 bits per heavy atom. The molecule has 0 radical (unpaired) electrons. The number of nitriles is 1. The number of rotatable bonds is 3. The molecule has 1 atom stereocenters. The second kappa shape index (κ2) is 5.49. The Morgan fingerprint density at radius 3 is 3.11 bits per heavy atom. The van der Waals surface area contributed by atoms with Crippen LogP contribution in [0.2, 0.25) is 0 Å². The fraction of sp³-hybridized carbons (Fsp3) is 0.600. The molecule has 0 aliphatic heterocycles. The van der Waals surface area contributed by atoms with Crippen LogP contribution in [0.25, 0.3) is 0 Å². The Hall–Kier alpha value is -1.40. The zero-order valence-electron chi connectivity index (χ0n) is 11.2. The highest BCUT2D eigenvalue weighted by atomic mass is 14.9. The summed E-state index contributed by atoms with van der Waals surface area (Å²) >= 11 is 0. The van der Waals surface area contributed by atoms with Crippen molar-refractivity contribution in [2.45, 2.75) is 52.1 Å². The summed E-state index contributed by atoms with van der Waals surface area (Å²) in [7, 11) is 0. The van der Waals surface area contributed by atoms with Crippen LogP contribution in [-0.4, -0.2) is 11.0 Å². The first kappa shape index (κ1) is 13.0. The fourth-order valence-electron chi connectivity index (χ4n) is 2.78. The van der Waals surface area contributed by atoms with Gasteiger partial charge in [0.2, 0.25) is 0 Å². The lowest BCUT2D eigenvalue weighted by Gasteiger charge is -2.35. The molecule has 1 aliphatic rings. The van der Waals surface area contributed by atoms with E-state index in [0.717, 1.165) is 12.1 Å². The van der Waals surface area contributed by atoms with Gasteiger partial charge < -0.3 is 5.32 Å². The quantitative estimate of drug-likeness (QED) is 0.887. The molecule has 1 N–H and O–H groups in total. The second-order valence-electron chi connectivity index (χ2n) is 6.00. The molecule has 96 valence electrons. The van der Waals surface area contributed by atoms with E-state index in [0.29, 0.717) is 17.2 Å². The van der Waals surface area contributed by atoms with Crippen LogP contribution in [0.4, 0.5) is 0 Å². The predicted molar refractivity (Wildman–Crippen MR) is 71.8 cm³/mol. The Morgan fingerprint density at radius 1 is 1.56 bits per heavy atom. The molecule has 3 heteroatoms. The van der Waals surface area contributed by atoms with Gasteiger partial charge in [-0.05, 0) is 42.4 Å². The van der Waals surface area contributed by atoms with Crippen LogP contribution < -0.4 is 5.32 Å². The van der Waals surface area contributed by atoms with Crippen molar-refractivity contribution in [1.82, 2.24) is 10.3 Å². The number of hydrogen-bond donors (Lipinski definition) is 1. The van der Waals surface area contributed by atoms with Gasteiger partial charge in [-0.1, -0.05) is 20.3 Å². The lowest BCUT2D eigenvalue weighted by atomic mass is 9.75. The van der Waals surface area contributed by atoms with Crippen LogP contribution in [0.15, 0.2) is 18.3 Å². The van der Waals surface area contributed by atoms with Crippen molar-refractivity contribution in [3.63, 3.8) is 0 Å². The third-order valence-electron chi connectivity index (χ3n) is 3.74. The summed E-state index contributed by atoms with van der Waals surface area (Å²) in [6.07, 6.45) is 6.85. The van der Waals surface area contributed by atoms with Crippen LogP contribution in [-0.2, 0) is 6.54 Å². The summed E-state index contributed by atoms with van der Waals surface area (Å²) in [5, 5.41) is 12.4. The van der Waals surface area contributed by atoms with Crippen molar-refractivity contribution in [3.05, 3.63) is 29.6 Å². The second-order valence-corrected chi connectivity index (χ2v) is 6.00. The third-order valence-corrected chi connectivity index (χ3v) is 3.74. The van der Waals surface area contributed by atoms with Gasteiger partial charge in [-0.25, -0.2) is 4.98 Å². The Balaban J connectivity index is 1.89. The van der Waals surface area contributed by atoms with Gasteiger partial charge in [0.15, 0.2) is 0 Å². The Bertz CT molecular complexity index is 445. The zero-order chi connectivity index (χ0) is 13.0. The summed E-state index contributed by atoms with van der Waals surface area (Å²) in [6, 6.07) is 6.52. The van der Waals surface area contributed by atoms with E-state index in [1.54, 1.807) is 6.20 Å². The van der Waals surface area contributed by atoms with E-state index in [2.05, 4.69) is 30.2 Å².